The van der Waals surface area contributed by atoms with Gasteiger partial charge in [-0.2, -0.15) is 0 Å². The van der Waals surface area contributed by atoms with Crippen molar-refractivity contribution in [3.63, 3.8) is 0 Å². The molecule has 3 rings (SSSR count). The smallest absolute Gasteiger partial charge is 0.163 e. The fraction of sp³-hybridized carbons (Fsp3) is 0.647. The molecule has 0 bridgehead atoms. The lowest BCUT2D eigenvalue weighted by Crippen LogP contribution is -2.47. The molecule has 1 heterocycles. The number of hydrogen-bond donors (Lipinski definition) is 1. The first-order valence-electron chi connectivity index (χ1n) is 8.16. The molecule has 0 aromatic heterocycles. The molecule has 0 amide bonds. The van der Waals surface area contributed by atoms with E-state index < -0.39 is 11.6 Å². The highest BCUT2D eigenvalue weighted by atomic mass is 35.5. The third-order valence-corrected chi connectivity index (χ3v) is 4.94. The van der Waals surface area contributed by atoms with Crippen LogP contribution in [0.5, 0.6) is 0 Å². The summed E-state index contributed by atoms with van der Waals surface area (Å²) in [6.45, 7) is 3.69. The summed E-state index contributed by atoms with van der Waals surface area (Å²) in [4.78, 5) is 2.35. The van der Waals surface area contributed by atoms with E-state index in [-0.39, 0.29) is 18.4 Å². The van der Waals surface area contributed by atoms with Crippen LogP contribution >= 0.6 is 12.4 Å². The van der Waals surface area contributed by atoms with Gasteiger partial charge in [0.25, 0.3) is 0 Å². The van der Waals surface area contributed by atoms with E-state index in [1.54, 1.807) is 12.1 Å². The SMILES string of the molecule is Cl.Fc1cccc([C@@H](C2CCCCC2)N2CCNCC2)c1F. The Labute approximate surface area is 137 Å². The molecule has 0 spiro atoms. The van der Waals surface area contributed by atoms with Crippen molar-refractivity contribution in [2.24, 2.45) is 5.92 Å². The van der Waals surface area contributed by atoms with Gasteiger partial charge in [0.15, 0.2) is 11.6 Å². The molecule has 1 aromatic carbocycles. The van der Waals surface area contributed by atoms with Gasteiger partial charge < -0.3 is 5.32 Å². The minimum Gasteiger partial charge on any atom is -0.314 e. The number of halogens is 3. The van der Waals surface area contributed by atoms with Gasteiger partial charge in [0.1, 0.15) is 0 Å². The van der Waals surface area contributed by atoms with E-state index >= 15 is 0 Å². The van der Waals surface area contributed by atoms with Gasteiger partial charge in [0, 0.05) is 37.8 Å². The van der Waals surface area contributed by atoms with Crippen LogP contribution < -0.4 is 5.32 Å². The van der Waals surface area contributed by atoms with Crippen LogP contribution in [0.2, 0.25) is 0 Å². The van der Waals surface area contributed by atoms with Crippen molar-refractivity contribution >= 4 is 12.4 Å². The van der Waals surface area contributed by atoms with Crippen LogP contribution in [0.1, 0.15) is 43.7 Å². The molecule has 0 unspecified atom stereocenters. The summed E-state index contributed by atoms with van der Waals surface area (Å²) in [6, 6.07) is 4.67. The Balaban J connectivity index is 0.00000176. The van der Waals surface area contributed by atoms with E-state index in [9.17, 15) is 8.78 Å². The third kappa shape index (κ3) is 3.79. The van der Waals surface area contributed by atoms with Crippen molar-refractivity contribution in [1.29, 1.82) is 0 Å². The number of piperazine rings is 1. The Morgan fingerprint density at radius 3 is 2.41 bits per heavy atom. The lowest BCUT2D eigenvalue weighted by molar-refractivity contribution is 0.1000. The molecule has 22 heavy (non-hydrogen) atoms. The van der Waals surface area contributed by atoms with Crippen LogP contribution in [0.3, 0.4) is 0 Å². The van der Waals surface area contributed by atoms with Crippen LogP contribution in [0.15, 0.2) is 18.2 Å². The molecule has 124 valence electrons. The van der Waals surface area contributed by atoms with E-state index in [0.29, 0.717) is 11.5 Å². The second-order valence-electron chi connectivity index (χ2n) is 6.27. The quantitative estimate of drug-likeness (QED) is 0.904. The first-order valence-corrected chi connectivity index (χ1v) is 8.16. The number of nitrogens with zero attached hydrogens (tertiary/aromatic N) is 1. The Kier molecular flexibility index (Phi) is 6.60. The minimum atomic E-state index is -0.719. The van der Waals surface area contributed by atoms with Crippen molar-refractivity contribution in [2.45, 2.75) is 38.1 Å². The molecule has 2 nitrogen and oxygen atoms in total. The molecule has 0 radical (unpaired) electrons. The Morgan fingerprint density at radius 1 is 1.05 bits per heavy atom. The lowest BCUT2D eigenvalue weighted by atomic mass is 9.80. The van der Waals surface area contributed by atoms with Crippen LogP contribution in [-0.4, -0.2) is 31.1 Å². The maximum Gasteiger partial charge on any atom is 0.163 e. The molecule has 1 aliphatic heterocycles. The maximum atomic E-state index is 14.3. The van der Waals surface area contributed by atoms with Crippen molar-refractivity contribution in [3.8, 4) is 0 Å². The zero-order chi connectivity index (χ0) is 14.7. The van der Waals surface area contributed by atoms with Gasteiger partial charge in [-0.3, -0.25) is 4.90 Å². The molecule has 2 fully saturated rings. The van der Waals surface area contributed by atoms with Crippen molar-refractivity contribution in [1.82, 2.24) is 10.2 Å². The zero-order valence-electron chi connectivity index (χ0n) is 12.9. The third-order valence-electron chi connectivity index (χ3n) is 4.94. The summed E-state index contributed by atoms with van der Waals surface area (Å²) in [5, 5.41) is 3.34. The monoisotopic (exact) mass is 330 g/mol. The largest absolute Gasteiger partial charge is 0.314 e. The summed E-state index contributed by atoms with van der Waals surface area (Å²) in [7, 11) is 0. The molecule has 1 saturated carbocycles. The number of rotatable bonds is 3. The normalized spacial score (nSPS) is 22.1. The molecule has 5 heteroatoms. The van der Waals surface area contributed by atoms with Gasteiger partial charge >= 0.3 is 0 Å². The van der Waals surface area contributed by atoms with Crippen molar-refractivity contribution in [2.75, 3.05) is 26.2 Å². The van der Waals surface area contributed by atoms with Gasteiger partial charge in [-0.1, -0.05) is 31.4 Å². The highest BCUT2D eigenvalue weighted by molar-refractivity contribution is 5.85. The Morgan fingerprint density at radius 2 is 1.73 bits per heavy atom. The average molecular weight is 331 g/mol. The van der Waals surface area contributed by atoms with Gasteiger partial charge in [-0.25, -0.2) is 8.78 Å². The molecular formula is C17H25ClF2N2. The van der Waals surface area contributed by atoms with Gasteiger partial charge in [0.05, 0.1) is 0 Å². The van der Waals surface area contributed by atoms with Gasteiger partial charge in [-0.05, 0) is 24.8 Å². The van der Waals surface area contributed by atoms with E-state index in [1.807, 2.05) is 0 Å². The second kappa shape index (κ2) is 8.23. The minimum absolute atomic E-state index is 0. The summed E-state index contributed by atoms with van der Waals surface area (Å²) in [5.74, 6) is -0.914. The second-order valence-corrected chi connectivity index (χ2v) is 6.27. The molecular weight excluding hydrogens is 306 g/mol. The average Bonchev–Trinajstić information content (AvgIpc) is 2.54. The van der Waals surface area contributed by atoms with Crippen LogP contribution in [-0.2, 0) is 0 Å². The van der Waals surface area contributed by atoms with Crippen LogP contribution in [0, 0.1) is 17.6 Å². The number of benzene rings is 1. The lowest BCUT2D eigenvalue weighted by Gasteiger charge is -2.41. The van der Waals surface area contributed by atoms with E-state index in [1.165, 1.54) is 25.3 Å². The summed E-state index contributed by atoms with van der Waals surface area (Å²) in [5.41, 5.74) is 0.559. The highest BCUT2D eigenvalue weighted by Crippen LogP contribution is 2.39. The molecule has 2 aliphatic rings. The van der Waals surface area contributed by atoms with E-state index in [2.05, 4.69) is 10.2 Å². The first kappa shape index (κ1) is 17.6. The molecule has 1 N–H and O–H groups in total. The summed E-state index contributed by atoms with van der Waals surface area (Å²) >= 11 is 0. The van der Waals surface area contributed by atoms with Crippen LogP contribution in [0.25, 0.3) is 0 Å². The topological polar surface area (TPSA) is 15.3 Å². The van der Waals surface area contributed by atoms with Crippen molar-refractivity contribution in [3.05, 3.63) is 35.4 Å². The Bertz CT molecular complexity index is 454. The fourth-order valence-electron chi connectivity index (χ4n) is 3.91. The van der Waals surface area contributed by atoms with E-state index in [0.717, 1.165) is 39.0 Å². The molecule has 1 aromatic rings. The first-order chi connectivity index (χ1) is 10.3. The number of hydrogen-bond acceptors (Lipinski definition) is 2. The van der Waals surface area contributed by atoms with Gasteiger partial charge in [-0.15, -0.1) is 12.4 Å². The fourth-order valence-corrected chi connectivity index (χ4v) is 3.91. The van der Waals surface area contributed by atoms with Gasteiger partial charge in [0.2, 0.25) is 0 Å². The maximum absolute atomic E-state index is 14.3. The predicted octanol–water partition coefficient (Wildman–Crippen LogP) is 3.91. The van der Waals surface area contributed by atoms with Crippen LogP contribution in [0.4, 0.5) is 8.78 Å². The summed E-state index contributed by atoms with van der Waals surface area (Å²) in [6.07, 6.45) is 5.96. The standard InChI is InChI=1S/C17H24F2N2.ClH/c18-15-8-4-7-14(16(15)19)17(13-5-2-1-3-6-13)21-11-9-20-10-12-21;/h4,7-8,13,17,20H,1-3,5-6,9-12H2;1H/t17-;/m1./s1. The van der Waals surface area contributed by atoms with Crippen molar-refractivity contribution < 1.29 is 8.78 Å². The van der Waals surface area contributed by atoms with E-state index in [4.69, 9.17) is 0 Å². The Hall–Kier alpha value is -0.710. The molecule has 1 atom stereocenters. The zero-order valence-corrected chi connectivity index (χ0v) is 13.7. The molecule has 1 saturated heterocycles. The summed E-state index contributed by atoms with van der Waals surface area (Å²) < 4.78 is 28.0. The number of nitrogens with one attached hydrogen (secondary N) is 1. The highest BCUT2D eigenvalue weighted by Gasteiger charge is 2.33. The molecule has 1 aliphatic carbocycles. The predicted molar refractivity (Wildman–Crippen MR) is 87.4 cm³/mol.